The molecule has 0 radical (unpaired) electrons. The van der Waals surface area contributed by atoms with E-state index in [-0.39, 0.29) is 0 Å². The SMILES string of the molecule is CC(C)[C@@H]1CCC[S@@]1=O. The van der Waals surface area contributed by atoms with Crippen LogP contribution in [0, 0.1) is 5.92 Å². The highest BCUT2D eigenvalue weighted by molar-refractivity contribution is 7.85. The Kier molecular flexibility index (Phi) is 2.28. The molecule has 0 bridgehead atoms. The lowest BCUT2D eigenvalue weighted by Gasteiger charge is -2.10. The van der Waals surface area contributed by atoms with Crippen LogP contribution in [0.3, 0.4) is 0 Å². The Morgan fingerprint density at radius 1 is 1.56 bits per heavy atom. The van der Waals surface area contributed by atoms with Crippen LogP contribution in [0.1, 0.15) is 26.7 Å². The molecular formula is C7H14OS. The molecule has 0 unspecified atom stereocenters. The third-order valence-corrected chi connectivity index (χ3v) is 4.06. The summed E-state index contributed by atoms with van der Waals surface area (Å²) in [6.45, 7) is 4.32. The van der Waals surface area contributed by atoms with Gasteiger partial charge >= 0.3 is 0 Å². The zero-order valence-electron chi connectivity index (χ0n) is 6.09. The quantitative estimate of drug-likeness (QED) is 0.548. The molecule has 1 saturated heterocycles. The lowest BCUT2D eigenvalue weighted by Crippen LogP contribution is -2.15. The molecule has 1 rings (SSSR count). The Hall–Kier alpha value is 0.150. The van der Waals surface area contributed by atoms with Crippen LogP contribution in [0.2, 0.25) is 0 Å². The minimum atomic E-state index is -0.491. The normalized spacial score (nSPS) is 35.9. The number of hydrogen-bond acceptors (Lipinski definition) is 1. The number of hydrogen-bond donors (Lipinski definition) is 0. The fourth-order valence-electron chi connectivity index (χ4n) is 1.35. The van der Waals surface area contributed by atoms with Crippen LogP contribution in [0.15, 0.2) is 0 Å². The van der Waals surface area contributed by atoms with Crippen LogP contribution >= 0.6 is 0 Å². The van der Waals surface area contributed by atoms with Crippen molar-refractivity contribution in [3.63, 3.8) is 0 Å². The van der Waals surface area contributed by atoms with Gasteiger partial charge in [-0.1, -0.05) is 13.8 Å². The Labute approximate surface area is 59.3 Å². The first-order valence-electron chi connectivity index (χ1n) is 3.59. The van der Waals surface area contributed by atoms with Crippen molar-refractivity contribution in [2.45, 2.75) is 31.9 Å². The minimum absolute atomic E-state index is 0.491. The van der Waals surface area contributed by atoms with E-state index >= 15 is 0 Å². The third-order valence-electron chi connectivity index (χ3n) is 1.92. The van der Waals surface area contributed by atoms with Crippen molar-refractivity contribution in [2.75, 3.05) is 5.75 Å². The van der Waals surface area contributed by atoms with Crippen LogP contribution in [-0.4, -0.2) is 15.2 Å². The molecule has 2 atom stereocenters. The van der Waals surface area contributed by atoms with E-state index in [9.17, 15) is 4.21 Å². The fraction of sp³-hybridized carbons (Fsp3) is 1.00. The van der Waals surface area contributed by atoms with E-state index in [4.69, 9.17) is 0 Å². The maximum atomic E-state index is 11.1. The van der Waals surface area contributed by atoms with Gasteiger partial charge in [0.1, 0.15) is 0 Å². The Balaban J connectivity index is 2.49. The van der Waals surface area contributed by atoms with Crippen molar-refractivity contribution in [1.29, 1.82) is 0 Å². The Morgan fingerprint density at radius 3 is 2.44 bits per heavy atom. The third kappa shape index (κ3) is 1.54. The van der Waals surface area contributed by atoms with Gasteiger partial charge in [-0.05, 0) is 18.8 Å². The molecule has 0 spiro atoms. The van der Waals surface area contributed by atoms with Gasteiger partial charge in [0.25, 0.3) is 0 Å². The smallest absolute Gasteiger partial charge is 0.0371 e. The van der Waals surface area contributed by atoms with Crippen LogP contribution in [0.25, 0.3) is 0 Å². The van der Waals surface area contributed by atoms with E-state index in [0.717, 1.165) is 5.75 Å². The van der Waals surface area contributed by atoms with Gasteiger partial charge in [-0.25, -0.2) is 0 Å². The topological polar surface area (TPSA) is 17.1 Å². The number of rotatable bonds is 1. The van der Waals surface area contributed by atoms with Gasteiger partial charge < -0.3 is 0 Å². The standard InChI is InChI=1S/C7H14OS/c1-6(2)7-4-3-5-9(7)8/h6-7H,3-5H2,1-2H3/t7-,9-/m0/s1. The highest BCUT2D eigenvalue weighted by atomic mass is 32.2. The first-order valence-corrected chi connectivity index (χ1v) is 4.97. The first kappa shape index (κ1) is 7.26. The highest BCUT2D eigenvalue weighted by Crippen LogP contribution is 2.22. The van der Waals surface area contributed by atoms with E-state index in [2.05, 4.69) is 13.8 Å². The summed E-state index contributed by atoms with van der Waals surface area (Å²) in [5, 5.41) is 0.505. The molecule has 1 aliphatic rings. The van der Waals surface area contributed by atoms with Crippen molar-refractivity contribution in [3.05, 3.63) is 0 Å². The Bertz CT molecular complexity index is 120. The summed E-state index contributed by atoms with van der Waals surface area (Å²) in [6, 6.07) is 0. The molecule has 54 valence electrons. The molecular weight excluding hydrogens is 132 g/mol. The molecule has 0 aromatic heterocycles. The van der Waals surface area contributed by atoms with E-state index < -0.39 is 10.8 Å². The predicted octanol–water partition coefficient (Wildman–Crippen LogP) is 1.55. The summed E-state index contributed by atoms with van der Waals surface area (Å²) in [5.74, 6) is 1.57. The van der Waals surface area contributed by atoms with Crippen LogP contribution in [0.5, 0.6) is 0 Å². The van der Waals surface area contributed by atoms with E-state index in [1.165, 1.54) is 12.8 Å². The monoisotopic (exact) mass is 146 g/mol. The summed E-state index contributed by atoms with van der Waals surface area (Å²) in [7, 11) is -0.491. The van der Waals surface area contributed by atoms with E-state index in [0.29, 0.717) is 11.2 Å². The van der Waals surface area contributed by atoms with Crippen molar-refractivity contribution >= 4 is 10.8 Å². The molecule has 1 fully saturated rings. The lowest BCUT2D eigenvalue weighted by molar-refractivity contribution is 0.572. The zero-order valence-corrected chi connectivity index (χ0v) is 6.91. The average molecular weight is 146 g/mol. The highest BCUT2D eigenvalue weighted by Gasteiger charge is 2.25. The maximum Gasteiger partial charge on any atom is 0.0371 e. The van der Waals surface area contributed by atoms with Crippen LogP contribution in [-0.2, 0) is 10.8 Å². The summed E-state index contributed by atoms with van der Waals surface area (Å²) in [4.78, 5) is 0. The molecule has 0 amide bonds. The van der Waals surface area contributed by atoms with Crippen molar-refractivity contribution < 1.29 is 4.21 Å². The minimum Gasteiger partial charge on any atom is -0.259 e. The maximum absolute atomic E-state index is 11.1. The van der Waals surface area contributed by atoms with E-state index in [1.807, 2.05) is 0 Å². The second kappa shape index (κ2) is 2.82. The van der Waals surface area contributed by atoms with E-state index in [1.54, 1.807) is 0 Å². The van der Waals surface area contributed by atoms with Gasteiger partial charge in [0, 0.05) is 21.8 Å². The summed E-state index contributed by atoms with van der Waals surface area (Å²) in [6.07, 6.45) is 2.36. The van der Waals surface area contributed by atoms with Crippen molar-refractivity contribution in [2.24, 2.45) is 5.92 Å². The van der Waals surface area contributed by atoms with Crippen LogP contribution in [0.4, 0.5) is 0 Å². The van der Waals surface area contributed by atoms with Crippen LogP contribution < -0.4 is 0 Å². The molecule has 0 aromatic rings. The molecule has 1 heterocycles. The largest absolute Gasteiger partial charge is 0.259 e. The van der Waals surface area contributed by atoms with Gasteiger partial charge in [-0.3, -0.25) is 4.21 Å². The molecule has 1 aliphatic heterocycles. The molecule has 0 N–H and O–H groups in total. The van der Waals surface area contributed by atoms with Crippen molar-refractivity contribution in [1.82, 2.24) is 0 Å². The second-order valence-corrected chi connectivity index (χ2v) is 4.78. The van der Waals surface area contributed by atoms with Gasteiger partial charge in [0.15, 0.2) is 0 Å². The molecule has 0 aromatic carbocycles. The fourth-order valence-corrected chi connectivity index (χ4v) is 3.14. The summed E-state index contributed by atoms with van der Waals surface area (Å²) in [5.41, 5.74) is 0. The lowest BCUT2D eigenvalue weighted by atomic mass is 10.1. The molecule has 0 aliphatic carbocycles. The molecule has 2 heteroatoms. The predicted molar refractivity (Wildman–Crippen MR) is 40.9 cm³/mol. The molecule has 1 nitrogen and oxygen atoms in total. The average Bonchev–Trinajstić information content (AvgIpc) is 2.13. The van der Waals surface area contributed by atoms with Gasteiger partial charge in [0.2, 0.25) is 0 Å². The molecule has 9 heavy (non-hydrogen) atoms. The van der Waals surface area contributed by atoms with Gasteiger partial charge in [-0.2, -0.15) is 0 Å². The first-order chi connectivity index (χ1) is 4.22. The molecule has 0 saturated carbocycles. The Morgan fingerprint density at radius 2 is 2.22 bits per heavy atom. The zero-order chi connectivity index (χ0) is 6.85. The summed E-state index contributed by atoms with van der Waals surface area (Å²) >= 11 is 0. The van der Waals surface area contributed by atoms with Gasteiger partial charge in [0.05, 0.1) is 0 Å². The summed E-state index contributed by atoms with van der Waals surface area (Å²) < 4.78 is 11.1. The van der Waals surface area contributed by atoms with Gasteiger partial charge in [-0.15, -0.1) is 0 Å². The van der Waals surface area contributed by atoms with Crippen molar-refractivity contribution in [3.8, 4) is 0 Å². The second-order valence-electron chi connectivity index (χ2n) is 3.01.